The molecule has 6 aromatic carbocycles. The summed E-state index contributed by atoms with van der Waals surface area (Å²) in [7, 11) is 0. The standard InChI is InChI=1S/C51H56O8/c1-49(2,35-7-19-41(52)20-8-35)37-11-23-45(24-12-37)56-31-43(54)33-58-47-27-15-39(16-28-47)51(5,6)40-17-29-48(30-18-40)59-34-44(55)32-57-46-25-13-38(14-26-46)50(3,4)36-9-21-42(53)22-10-36/h7-30,43-44,52-55H,31-34H2,1-6H3. The van der Waals surface area contributed by atoms with Gasteiger partial charge in [0.25, 0.3) is 0 Å². The molecule has 308 valence electrons. The highest BCUT2D eigenvalue weighted by atomic mass is 16.5. The number of hydrogen-bond acceptors (Lipinski definition) is 8. The number of phenolic OH excluding ortho intramolecular Hbond substituents is 2. The molecular formula is C51H56O8. The summed E-state index contributed by atoms with van der Waals surface area (Å²) >= 11 is 0. The highest BCUT2D eigenvalue weighted by Crippen LogP contribution is 2.36. The normalized spacial score (nSPS) is 13.0. The van der Waals surface area contributed by atoms with Gasteiger partial charge in [-0.1, -0.05) is 114 Å². The van der Waals surface area contributed by atoms with Gasteiger partial charge in [0.15, 0.2) is 0 Å². The first-order valence-corrected chi connectivity index (χ1v) is 20.0. The summed E-state index contributed by atoms with van der Waals surface area (Å²) in [4.78, 5) is 0. The van der Waals surface area contributed by atoms with Crippen LogP contribution in [0.1, 0.15) is 74.9 Å². The first-order valence-electron chi connectivity index (χ1n) is 20.0. The zero-order valence-corrected chi connectivity index (χ0v) is 34.8. The molecule has 0 aliphatic carbocycles. The Hall–Kier alpha value is -5.96. The molecule has 59 heavy (non-hydrogen) atoms. The van der Waals surface area contributed by atoms with Gasteiger partial charge in [-0.05, 0) is 106 Å². The number of benzene rings is 6. The van der Waals surface area contributed by atoms with E-state index in [4.69, 9.17) is 18.9 Å². The van der Waals surface area contributed by atoms with Crippen LogP contribution in [-0.2, 0) is 16.2 Å². The third kappa shape index (κ3) is 10.8. The average molecular weight is 797 g/mol. The molecule has 8 nitrogen and oxygen atoms in total. The molecule has 0 radical (unpaired) electrons. The number of aromatic hydroxyl groups is 2. The van der Waals surface area contributed by atoms with Crippen molar-refractivity contribution in [2.24, 2.45) is 0 Å². The molecule has 0 aliphatic heterocycles. The van der Waals surface area contributed by atoms with Crippen molar-refractivity contribution in [2.45, 2.75) is 70.0 Å². The number of phenols is 2. The summed E-state index contributed by atoms with van der Waals surface area (Å²) in [6, 6.07) is 46.0. The first-order chi connectivity index (χ1) is 28.1. The zero-order chi connectivity index (χ0) is 42.2. The van der Waals surface area contributed by atoms with E-state index in [2.05, 4.69) is 41.5 Å². The summed E-state index contributed by atoms with van der Waals surface area (Å²) in [6.45, 7) is 13.2. The largest absolute Gasteiger partial charge is 0.508 e. The van der Waals surface area contributed by atoms with Crippen molar-refractivity contribution in [2.75, 3.05) is 26.4 Å². The summed E-state index contributed by atoms with van der Waals surface area (Å²) in [5.74, 6) is 3.12. The molecule has 0 aliphatic rings. The smallest absolute Gasteiger partial charge is 0.122 e. The molecular weight excluding hydrogens is 741 g/mol. The average Bonchev–Trinajstić information content (AvgIpc) is 3.24. The van der Waals surface area contributed by atoms with Crippen LogP contribution in [0.4, 0.5) is 0 Å². The molecule has 8 heteroatoms. The highest BCUT2D eigenvalue weighted by molar-refractivity contribution is 5.44. The van der Waals surface area contributed by atoms with Gasteiger partial charge in [-0.15, -0.1) is 0 Å². The van der Waals surface area contributed by atoms with Crippen molar-refractivity contribution in [1.29, 1.82) is 0 Å². The second-order valence-corrected chi connectivity index (χ2v) is 16.6. The third-order valence-corrected chi connectivity index (χ3v) is 11.3. The quantitative estimate of drug-likeness (QED) is 0.0680. The minimum absolute atomic E-state index is 0.0889. The van der Waals surface area contributed by atoms with E-state index in [1.807, 2.05) is 121 Å². The molecule has 0 heterocycles. The molecule has 0 aromatic heterocycles. The Morgan fingerprint density at radius 2 is 0.492 bits per heavy atom. The van der Waals surface area contributed by atoms with Crippen molar-refractivity contribution in [1.82, 2.24) is 0 Å². The van der Waals surface area contributed by atoms with Crippen LogP contribution >= 0.6 is 0 Å². The highest BCUT2D eigenvalue weighted by Gasteiger charge is 2.26. The second-order valence-electron chi connectivity index (χ2n) is 16.6. The van der Waals surface area contributed by atoms with Crippen LogP contribution < -0.4 is 18.9 Å². The van der Waals surface area contributed by atoms with Gasteiger partial charge in [0.2, 0.25) is 0 Å². The Bertz CT molecular complexity index is 2050. The third-order valence-electron chi connectivity index (χ3n) is 11.3. The molecule has 0 bridgehead atoms. The maximum atomic E-state index is 10.6. The van der Waals surface area contributed by atoms with Crippen molar-refractivity contribution >= 4 is 0 Å². The second kappa shape index (κ2) is 18.3. The molecule has 0 amide bonds. The lowest BCUT2D eigenvalue weighted by atomic mass is 9.78. The minimum atomic E-state index is -0.817. The van der Waals surface area contributed by atoms with Gasteiger partial charge in [-0.2, -0.15) is 0 Å². The van der Waals surface area contributed by atoms with Crippen LogP contribution in [0.5, 0.6) is 34.5 Å². The van der Waals surface area contributed by atoms with E-state index in [9.17, 15) is 20.4 Å². The fourth-order valence-corrected chi connectivity index (χ4v) is 6.99. The van der Waals surface area contributed by atoms with E-state index in [0.717, 1.165) is 33.4 Å². The van der Waals surface area contributed by atoms with E-state index in [1.165, 1.54) is 0 Å². The Balaban J connectivity index is 0.919. The molecule has 0 saturated heterocycles. The van der Waals surface area contributed by atoms with Crippen LogP contribution in [0.25, 0.3) is 0 Å². The molecule has 2 unspecified atom stereocenters. The summed E-state index contributed by atoms with van der Waals surface area (Å²) in [5, 5.41) is 40.5. The van der Waals surface area contributed by atoms with Gasteiger partial charge in [-0.25, -0.2) is 0 Å². The molecule has 2 atom stereocenters. The van der Waals surface area contributed by atoms with Gasteiger partial charge in [0.1, 0.15) is 73.1 Å². The topological polar surface area (TPSA) is 118 Å². The Kier molecular flexibility index (Phi) is 13.2. The van der Waals surface area contributed by atoms with Crippen molar-refractivity contribution in [3.05, 3.63) is 179 Å². The van der Waals surface area contributed by atoms with Crippen molar-refractivity contribution in [3.63, 3.8) is 0 Å². The Morgan fingerprint density at radius 3 is 0.678 bits per heavy atom. The van der Waals surface area contributed by atoms with E-state index < -0.39 is 12.2 Å². The van der Waals surface area contributed by atoms with Gasteiger partial charge in [0.05, 0.1) is 0 Å². The van der Waals surface area contributed by atoms with E-state index in [0.29, 0.717) is 23.0 Å². The van der Waals surface area contributed by atoms with Gasteiger partial charge < -0.3 is 39.4 Å². The van der Waals surface area contributed by atoms with Gasteiger partial charge in [-0.3, -0.25) is 0 Å². The van der Waals surface area contributed by atoms with Crippen LogP contribution in [-0.4, -0.2) is 59.1 Å². The molecule has 6 rings (SSSR count). The van der Waals surface area contributed by atoms with Crippen molar-refractivity contribution < 1.29 is 39.4 Å². The van der Waals surface area contributed by atoms with Gasteiger partial charge >= 0.3 is 0 Å². The lowest BCUT2D eigenvalue weighted by Gasteiger charge is -2.27. The maximum Gasteiger partial charge on any atom is 0.122 e. The lowest BCUT2D eigenvalue weighted by molar-refractivity contribution is 0.0626. The Labute approximate surface area is 348 Å². The summed E-state index contributed by atoms with van der Waals surface area (Å²) in [5.41, 5.74) is 5.81. The number of ether oxygens (including phenoxy) is 4. The zero-order valence-electron chi connectivity index (χ0n) is 34.8. The Morgan fingerprint density at radius 1 is 0.322 bits per heavy atom. The molecule has 0 spiro atoms. The van der Waals surface area contributed by atoms with E-state index >= 15 is 0 Å². The monoisotopic (exact) mass is 796 g/mol. The van der Waals surface area contributed by atoms with Gasteiger partial charge in [0, 0.05) is 16.2 Å². The molecule has 4 N–H and O–H groups in total. The number of hydrogen-bond donors (Lipinski definition) is 4. The first kappa shape index (κ1) is 42.6. The van der Waals surface area contributed by atoms with Crippen LogP contribution in [0.2, 0.25) is 0 Å². The van der Waals surface area contributed by atoms with Crippen molar-refractivity contribution in [3.8, 4) is 34.5 Å². The minimum Gasteiger partial charge on any atom is -0.508 e. The number of rotatable bonds is 18. The summed E-state index contributed by atoms with van der Waals surface area (Å²) in [6.07, 6.45) is -1.63. The number of aliphatic hydroxyl groups is 2. The van der Waals surface area contributed by atoms with E-state index in [-0.39, 0.29) is 54.2 Å². The lowest BCUT2D eigenvalue weighted by Crippen LogP contribution is -2.25. The number of aliphatic hydroxyl groups excluding tert-OH is 2. The predicted octanol–water partition coefficient (Wildman–Crippen LogP) is 9.71. The SMILES string of the molecule is CC(C)(c1ccc(O)cc1)c1ccc(OCC(O)COc2ccc(C(C)(C)c3ccc(OCC(O)COc4ccc(C(C)(C)c5ccc(O)cc5)cc4)cc3)cc2)cc1. The van der Waals surface area contributed by atoms with Crippen LogP contribution in [0.3, 0.4) is 0 Å². The molecule has 6 aromatic rings. The van der Waals surface area contributed by atoms with Crippen LogP contribution in [0, 0.1) is 0 Å². The fourth-order valence-electron chi connectivity index (χ4n) is 6.99. The predicted molar refractivity (Wildman–Crippen MR) is 232 cm³/mol. The fraction of sp³-hybridized carbons (Fsp3) is 0.294. The summed E-state index contributed by atoms with van der Waals surface area (Å²) < 4.78 is 23.5. The molecule has 0 saturated carbocycles. The molecule has 0 fully saturated rings. The van der Waals surface area contributed by atoms with E-state index in [1.54, 1.807) is 24.3 Å². The maximum absolute atomic E-state index is 10.6. The van der Waals surface area contributed by atoms with Crippen LogP contribution in [0.15, 0.2) is 146 Å².